The number of hydrogen-bond donors (Lipinski definition) is 2. The summed E-state index contributed by atoms with van der Waals surface area (Å²) in [5, 5.41) is 7.83. The number of amides is 1. The second-order valence-electron chi connectivity index (χ2n) is 8.62. The number of halogens is 1. The number of carbonyl (C=O) groups is 1. The van der Waals surface area contributed by atoms with Crippen LogP contribution in [0.2, 0.25) is 0 Å². The molecule has 1 aromatic heterocycles. The summed E-state index contributed by atoms with van der Waals surface area (Å²) >= 11 is 0. The van der Waals surface area contributed by atoms with E-state index in [9.17, 15) is 4.79 Å². The van der Waals surface area contributed by atoms with Crippen LogP contribution in [0.4, 0.5) is 5.82 Å². The van der Waals surface area contributed by atoms with Crippen LogP contribution in [0.15, 0.2) is 36.4 Å². The standard InChI is InChI=1S/C21H29N5O.ClH/c1-21(2)14-25(11-10-18(21)22)13-20(27)23-19-12-17(15-8-9-15)24-26(19)16-6-4-3-5-7-16;/h3-7,12,15,18H,8-11,13-14,22H2,1-2H3,(H,23,27);1H. The number of benzene rings is 1. The molecule has 1 atom stereocenters. The Kier molecular flexibility index (Phi) is 6.12. The number of nitrogens with two attached hydrogens (primary N) is 1. The normalized spacial score (nSPS) is 21.8. The van der Waals surface area contributed by atoms with E-state index >= 15 is 0 Å². The van der Waals surface area contributed by atoms with Crippen molar-refractivity contribution in [3.8, 4) is 5.69 Å². The van der Waals surface area contributed by atoms with Crippen molar-refractivity contribution >= 4 is 24.1 Å². The molecule has 1 saturated carbocycles. The first kappa shape index (κ1) is 20.8. The van der Waals surface area contributed by atoms with E-state index < -0.39 is 0 Å². The molecule has 1 unspecified atom stereocenters. The van der Waals surface area contributed by atoms with Crippen molar-refractivity contribution in [1.82, 2.24) is 14.7 Å². The monoisotopic (exact) mass is 403 g/mol. The van der Waals surface area contributed by atoms with E-state index in [1.165, 1.54) is 12.8 Å². The predicted molar refractivity (Wildman–Crippen MR) is 114 cm³/mol. The van der Waals surface area contributed by atoms with Crippen molar-refractivity contribution in [2.75, 3.05) is 25.0 Å². The summed E-state index contributed by atoms with van der Waals surface area (Å²) in [5.41, 5.74) is 8.27. The Hall–Kier alpha value is -1.89. The number of nitrogens with one attached hydrogen (secondary N) is 1. The molecular weight excluding hydrogens is 374 g/mol. The maximum atomic E-state index is 12.7. The molecular formula is C21H30ClN5O. The molecule has 0 spiro atoms. The number of carbonyl (C=O) groups excluding carboxylic acids is 1. The van der Waals surface area contributed by atoms with E-state index in [1.54, 1.807) is 0 Å². The lowest BCUT2D eigenvalue weighted by Gasteiger charge is -2.42. The number of piperidine rings is 1. The number of aromatic nitrogens is 2. The van der Waals surface area contributed by atoms with E-state index in [1.807, 2.05) is 41.1 Å². The molecule has 0 bridgehead atoms. The molecule has 28 heavy (non-hydrogen) atoms. The van der Waals surface area contributed by atoms with Crippen LogP contribution in [-0.4, -0.2) is 46.3 Å². The molecule has 2 fully saturated rings. The van der Waals surface area contributed by atoms with Gasteiger partial charge in [0.1, 0.15) is 5.82 Å². The van der Waals surface area contributed by atoms with Gasteiger partial charge in [-0.15, -0.1) is 12.4 Å². The van der Waals surface area contributed by atoms with Crippen LogP contribution >= 0.6 is 12.4 Å². The smallest absolute Gasteiger partial charge is 0.239 e. The number of para-hydroxylation sites is 1. The van der Waals surface area contributed by atoms with Gasteiger partial charge in [-0.05, 0) is 36.8 Å². The van der Waals surface area contributed by atoms with E-state index in [2.05, 4.69) is 24.1 Å². The first-order chi connectivity index (χ1) is 12.9. The van der Waals surface area contributed by atoms with Gasteiger partial charge in [-0.25, -0.2) is 4.68 Å². The van der Waals surface area contributed by atoms with Crippen molar-refractivity contribution in [1.29, 1.82) is 0 Å². The van der Waals surface area contributed by atoms with Crippen molar-refractivity contribution < 1.29 is 4.79 Å². The van der Waals surface area contributed by atoms with Gasteiger partial charge in [0.2, 0.25) is 5.91 Å². The fourth-order valence-corrected chi connectivity index (χ4v) is 3.84. The summed E-state index contributed by atoms with van der Waals surface area (Å²) in [5.74, 6) is 1.29. The first-order valence-corrected chi connectivity index (χ1v) is 9.85. The van der Waals surface area contributed by atoms with Crippen molar-refractivity contribution in [2.24, 2.45) is 11.1 Å². The lowest BCUT2D eigenvalue weighted by atomic mass is 9.80. The highest BCUT2D eigenvalue weighted by atomic mass is 35.5. The number of rotatable bonds is 5. The van der Waals surface area contributed by atoms with Crippen LogP contribution in [0.5, 0.6) is 0 Å². The van der Waals surface area contributed by atoms with Crippen molar-refractivity contribution in [3.63, 3.8) is 0 Å². The lowest BCUT2D eigenvalue weighted by Crippen LogP contribution is -2.53. The molecule has 1 amide bonds. The van der Waals surface area contributed by atoms with Crippen LogP contribution in [0, 0.1) is 5.41 Å². The second kappa shape index (κ2) is 8.23. The third kappa shape index (κ3) is 4.57. The maximum absolute atomic E-state index is 12.7. The summed E-state index contributed by atoms with van der Waals surface area (Å²) in [6.07, 6.45) is 3.29. The predicted octanol–water partition coefficient (Wildman–Crippen LogP) is 3.17. The highest BCUT2D eigenvalue weighted by Gasteiger charge is 2.34. The van der Waals surface area contributed by atoms with Gasteiger partial charge in [-0.2, -0.15) is 5.10 Å². The molecule has 2 aromatic rings. The number of nitrogens with zero attached hydrogens (tertiary/aromatic N) is 3. The summed E-state index contributed by atoms with van der Waals surface area (Å²) < 4.78 is 1.85. The Morgan fingerprint density at radius 2 is 1.96 bits per heavy atom. The molecule has 1 saturated heterocycles. The minimum Gasteiger partial charge on any atom is -0.327 e. The third-order valence-corrected chi connectivity index (χ3v) is 5.75. The van der Waals surface area contributed by atoms with Crippen LogP contribution in [0.25, 0.3) is 5.69 Å². The van der Waals surface area contributed by atoms with Crippen LogP contribution in [-0.2, 0) is 4.79 Å². The summed E-state index contributed by atoms with van der Waals surface area (Å²) in [6.45, 7) is 6.44. The van der Waals surface area contributed by atoms with Gasteiger partial charge >= 0.3 is 0 Å². The van der Waals surface area contributed by atoms with Crippen molar-refractivity contribution in [2.45, 2.75) is 45.1 Å². The zero-order valence-electron chi connectivity index (χ0n) is 16.6. The van der Waals surface area contributed by atoms with Gasteiger partial charge in [0, 0.05) is 31.1 Å². The fraction of sp³-hybridized carbons (Fsp3) is 0.524. The SMILES string of the molecule is CC1(C)CN(CC(=O)Nc2cc(C3CC3)nn2-c2ccccc2)CCC1N.Cl. The zero-order chi connectivity index (χ0) is 19.0. The topological polar surface area (TPSA) is 76.2 Å². The molecule has 1 aliphatic heterocycles. The number of likely N-dealkylation sites (tertiary alicyclic amines) is 1. The Morgan fingerprint density at radius 3 is 2.61 bits per heavy atom. The average molecular weight is 404 g/mol. The third-order valence-electron chi connectivity index (χ3n) is 5.75. The number of hydrogen-bond acceptors (Lipinski definition) is 4. The average Bonchev–Trinajstić information content (AvgIpc) is 3.40. The van der Waals surface area contributed by atoms with E-state index in [0.29, 0.717) is 12.5 Å². The first-order valence-electron chi connectivity index (χ1n) is 9.85. The summed E-state index contributed by atoms with van der Waals surface area (Å²) in [7, 11) is 0. The van der Waals surface area contributed by atoms with Crippen LogP contribution < -0.4 is 11.1 Å². The molecule has 2 heterocycles. The van der Waals surface area contributed by atoms with E-state index in [4.69, 9.17) is 10.8 Å². The Morgan fingerprint density at radius 1 is 1.25 bits per heavy atom. The molecule has 3 N–H and O–H groups in total. The van der Waals surface area contributed by atoms with Gasteiger partial charge in [-0.3, -0.25) is 9.69 Å². The Labute approximate surface area is 172 Å². The number of anilines is 1. The Bertz CT molecular complexity index is 815. The minimum atomic E-state index is 0. The lowest BCUT2D eigenvalue weighted by molar-refractivity contribution is -0.118. The van der Waals surface area contributed by atoms with Gasteiger partial charge < -0.3 is 11.1 Å². The largest absolute Gasteiger partial charge is 0.327 e. The van der Waals surface area contributed by atoms with Crippen molar-refractivity contribution in [3.05, 3.63) is 42.1 Å². The van der Waals surface area contributed by atoms with Gasteiger partial charge in [-0.1, -0.05) is 32.0 Å². The van der Waals surface area contributed by atoms with Gasteiger partial charge in [0.05, 0.1) is 17.9 Å². The molecule has 1 aliphatic carbocycles. The quantitative estimate of drug-likeness (QED) is 0.803. The summed E-state index contributed by atoms with van der Waals surface area (Å²) in [4.78, 5) is 14.9. The molecule has 4 rings (SSSR count). The molecule has 1 aromatic carbocycles. The van der Waals surface area contributed by atoms with Gasteiger partial charge in [0.25, 0.3) is 0 Å². The second-order valence-corrected chi connectivity index (χ2v) is 8.62. The highest BCUT2D eigenvalue weighted by molar-refractivity contribution is 5.91. The van der Waals surface area contributed by atoms with Gasteiger partial charge in [0.15, 0.2) is 0 Å². The molecule has 2 aliphatic rings. The maximum Gasteiger partial charge on any atom is 0.239 e. The van der Waals surface area contributed by atoms with E-state index in [-0.39, 0.29) is 29.8 Å². The summed E-state index contributed by atoms with van der Waals surface area (Å²) in [6, 6.07) is 12.2. The van der Waals surface area contributed by atoms with E-state index in [0.717, 1.165) is 36.7 Å². The Balaban J connectivity index is 0.00000225. The molecule has 7 heteroatoms. The minimum absolute atomic E-state index is 0. The highest BCUT2D eigenvalue weighted by Crippen LogP contribution is 2.40. The molecule has 152 valence electrons. The molecule has 6 nitrogen and oxygen atoms in total. The molecule has 0 radical (unpaired) electrons. The van der Waals surface area contributed by atoms with Crippen LogP contribution in [0.1, 0.15) is 44.7 Å². The zero-order valence-corrected chi connectivity index (χ0v) is 17.4. The van der Waals surface area contributed by atoms with Crippen LogP contribution in [0.3, 0.4) is 0 Å². The fourth-order valence-electron chi connectivity index (χ4n) is 3.84.